The van der Waals surface area contributed by atoms with Crippen LogP contribution in [-0.2, 0) is 6.42 Å². The molecule has 162 valence electrons. The van der Waals surface area contributed by atoms with Gasteiger partial charge in [-0.1, -0.05) is 18.5 Å². The first kappa shape index (κ1) is 22.9. The SMILES string of the molecule is CCNC(=NCCc1c[nH]c2ccc(Cl)cc12)N1CCC(C)C(n2ccnc2)C1.I. The smallest absolute Gasteiger partial charge is 0.193 e. The zero-order valence-corrected chi connectivity index (χ0v) is 20.6. The maximum absolute atomic E-state index is 6.18. The van der Waals surface area contributed by atoms with Gasteiger partial charge in [-0.25, -0.2) is 4.98 Å². The first-order valence-corrected chi connectivity index (χ1v) is 10.8. The van der Waals surface area contributed by atoms with E-state index in [4.69, 9.17) is 16.6 Å². The van der Waals surface area contributed by atoms with Crippen LogP contribution in [0.15, 0.2) is 48.1 Å². The highest BCUT2D eigenvalue weighted by atomic mass is 127. The van der Waals surface area contributed by atoms with Crippen molar-refractivity contribution in [2.45, 2.75) is 32.7 Å². The quantitative estimate of drug-likeness (QED) is 0.280. The number of aromatic amines is 1. The van der Waals surface area contributed by atoms with Crippen molar-refractivity contribution in [1.29, 1.82) is 0 Å². The summed E-state index contributed by atoms with van der Waals surface area (Å²) >= 11 is 6.18. The van der Waals surface area contributed by atoms with Gasteiger partial charge in [0.05, 0.1) is 12.4 Å². The Morgan fingerprint density at radius 3 is 3.03 bits per heavy atom. The Hall–Kier alpha value is -1.74. The zero-order valence-electron chi connectivity index (χ0n) is 17.5. The van der Waals surface area contributed by atoms with Gasteiger partial charge in [-0.15, -0.1) is 24.0 Å². The van der Waals surface area contributed by atoms with Crippen molar-refractivity contribution in [2.24, 2.45) is 10.9 Å². The number of hydrogen-bond acceptors (Lipinski definition) is 2. The average molecular weight is 541 g/mol. The third kappa shape index (κ3) is 5.11. The van der Waals surface area contributed by atoms with E-state index in [-0.39, 0.29) is 24.0 Å². The van der Waals surface area contributed by atoms with Gasteiger partial charge in [-0.3, -0.25) is 4.99 Å². The molecule has 1 aliphatic rings. The molecule has 4 rings (SSSR count). The molecule has 6 nitrogen and oxygen atoms in total. The lowest BCUT2D eigenvalue weighted by molar-refractivity contribution is 0.189. The van der Waals surface area contributed by atoms with Gasteiger partial charge >= 0.3 is 0 Å². The second-order valence-corrected chi connectivity index (χ2v) is 8.22. The van der Waals surface area contributed by atoms with Crippen molar-refractivity contribution in [3.8, 4) is 0 Å². The molecule has 0 spiro atoms. The van der Waals surface area contributed by atoms with Crippen LogP contribution in [0, 0.1) is 5.92 Å². The normalized spacial score (nSPS) is 19.7. The molecule has 0 radical (unpaired) electrons. The molecule has 0 amide bonds. The Morgan fingerprint density at radius 1 is 1.40 bits per heavy atom. The van der Waals surface area contributed by atoms with E-state index in [2.05, 4.69) is 51.0 Å². The number of aromatic nitrogens is 3. The van der Waals surface area contributed by atoms with Gasteiger partial charge in [-0.2, -0.15) is 0 Å². The fourth-order valence-electron chi connectivity index (χ4n) is 4.16. The fraction of sp³-hybridized carbons (Fsp3) is 0.455. The number of fused-ring (bicyclic) bond motifs is 1. The Kier molecular flexibility index (Phi) is 8.05. The third-order valence-corrected chi connectivity index (χ3v) is 6.07. The Labute approximate surface area is 200 Å². The number of nitrogens with one attached hydrogen (secondary N) is 2. The zero-order chi connectivity index (χ0) is 20.2. The number of aliphatic imine (C=N–C) groups is 1. The van der Waals surface area contributed by atoms with E-state index in [1.54, 1.807) is 0 Å². The van der Waals surface area contributed by atoms with Gasteiger partial charge in [0.2, 0.25) is 0 Å². The van der Waals surface area contributed by atoms with Gasteiger partial charge in [0, 0.05) is 60.7 Å². The lowest BCUT2D eigenvalue weighted by Crippen LogP contribution is -2.49. The minimum Gasteiger partial charge on any atom is -0.361 e. The van der Waals surface area contributed by atoms with Crippen LogP contribution in [-0.4, -0.2) is 51.6 Å². The van der Waals surface area contributed by atoms with Gasteiger partial charge in [0.1, 0.15) is 0 Å². The topological polar surface area (TPSA) is 61.2 Å². The monoisotopic (exact) mass is 540 g/mol. The number of benzene rings is 1. The molecule has 2 aromatic heterocycles. The minimum atomic E-state index is 0. The van der Waals surface area contributed by atoms with E-state index in [1.807, 2.05) is 30.7 Å². The Bertz CT molecular complexity index is 967. The molecular formula is C22H30ClIN6. The van der Waals surface area contributed by atoms with Crippen LogP contribution < -0.4 is 5.32 Å². The summed E-state index contributed by atoms with van der Waals surface area (Å²) in [4.78, 5) is 14.9. The predicted octanol–water partition coefficient (Wildman–Crippen LogP) is 4.73. The van der Waals surface area contributed by atoms with Crippen molar-refractivity contribution >= 4 is 52.4 Å². The number of hydrogen-bond donors (Lipinski definition) is 2. The van der Waals surface area contributed by atoms with E-state index in [1.165, 1.54) is 10.9 Å². The highest BCUT2D eigenvalue weighted by Gasteiger charge is 2.28. The summed E-state index contributed by atoms with van der Waals surface area (Å²) in [6.07, 6.45) is 9.95. The van der Waals surface area contributed by atoms with Crippen LogP contribution in [0.3, 0.4) is 0 Å². The van der Waals surface area contributed by atoms with Gasteiger partial charge in [0.25, 0.3) is 0 Å². The number of halogens is 2. The Morgan fingerprint density at radius 2 is 2.27 bits per heavy atom. The first-order chi connectivity index (χ1) is 14.2. The third-order valence-electron chi connectivity index (χ3n) is 5.83. The molecule has 2 unspecified atom stereocenters. The van der Waals surface area contributed by atoms with E-state index in [0.717, 1.165) is 55.5 Å². The van der Waals surface area contributed by atoms with Crippen LogP contribution in [0.5, 0.6) is 0 Å². The second kappa shape index (κ2) is 10.5. The summed E-state index contributed by atoms with van der Waals surface area (Å²) in [5.74, 6) is 1.63. The number of nitrogens with zero attached hydrogens (tertiary/aromatic N) is 4. The van der Waals surface area contributed by atoms with E-state index in [0.29, 0.717) is 12.0 Å². The van der Waals surface area contributed by atoms with Crippen LogP contribution in [0.4, 0.5) is 0 Å². The van der Waals surface area contributed by atoms with Crippen molar-refractivity contribution in [2.75, 3.05) is 26.2 Å². The fourth-order valence-corrected chi connectivity index (χ4v) is 4.33. The van der Waals surface area contributed by atoms with Crippen LogP contribution >= 0.6 is 35.6 Å². The highest BCUT2D eigenvalue weighted by molar-refractivity contribution is 14.0. The van der Waals surface area contributed by atoms with Crippen LogP contribution in [0.2, 0.25) is 5.02 Å². The maximum Gasteiger partial charge on any atom is 0.193 e. The van der Waals surface area contributed by atoms with Crippen LogP contribution in [0.25, 0.3) is 10.9 Å². The standard InChI is InChI=1S/C22H29ClN6.HI/c1-3-25-22(28-10-7-16(2)21(14-28)29-11-9-24-15-29)26-8-6-17-13-27-20-5-4-18(23)12-19(17)20;/h4-5,9,11-13,15-16,21,27H,3,6-8,10,14H2,1-2H3,(H,25,26);1H. The molecule has 1 fully saturated rings. The molecular weight excluding hydrogens is 511 g/mol. The second-order valence-electron chi connectivity index (χ2n) is 7.78. The molecule has 1 aliphatic heterocycles. The summed E-state index contributed by atoms with van der Waals surface area (Å²) in [6, 6.07) is 6.39. The summed E-state index contributed by atoms with van der Waals surface area (Å²) in [5.41, 5.74) is 2.37. The maximum atomic E-state index is 6.18. The van der Waals surface area contributed by atoms with Gasteiger partial charge < -0.3 is 19.8 Å². The molecule has 2 N–H and O–H groups in total. The number of rotatable bonds is 5. The van der Waals surface area contributed by atoms with E-state index in [9.17, 15) is 0 Å². The average Bonchev–Trinajstić information content (AvgIpc) is 3.38. The molecule has 1 saturated heterocycles. The van der Waals surface area contributed by atoms with Crippen molar-refractivity contribution in [1.82, 2.24) is 24.8 Å². The number of H-pyrrole nitrogens is 1. The number of guanidine groups is 1. The summed E-state index contributed by atoms with van der Waals surface area (Å²) in [6.45, 7) is 8.03. The molecule has 2 atom stereocenters. The number of piperidine rings is 1. The molecule has 3 aromatic rings. The first-order valence-electron chi connectivity index (χ1n) is 10.4. The van der Waals surface area contributed by atoms with Crippen molar-refractivity contribution < 1.29 is 0 Å². The lowest BCUT2D eigenvalue weighted by atomic mass is 9.93. The van der Waals surface area contributed by atoms with Gasteiger partial charge in [0.15, 0.2) is 5.96 Å². The summed E-state index contributed by atoms with van der Waals surface area (Å²) < 4.78 is 2.23. The van der Waals surface area contributed by atoms with Crippen molar-refractivity contribution in [3.05, 3.63) is 53.7 Å². The number of likely N-dealkylation sites (tertiary alicyclic amines) is 1. The predicted molar refractivity (Wildman–Crippen MR) is 135 cm³/mol. The molecule has 1 aromatic carbocycles. The summed E-state index contributed by atoms with van der Waals surface area (Å²) in [5, 5.41) is 5.43. The Balaban J connectivity index is 0.00000256. The molecule has 0 saturated carbocycles. The molecule has 0 bridgehead atoms. The molecule has 30 heavy (non-hydrogen) atoms. The minimum absolute atomic E-state index is 0. The molecule has 8 heteroatoms. The largest absolute Gasteiger partial charge is 0.361 e. The lowest BCUT2D eigenvalue weighted by Gasteiger charge is -2.39. The number of imidazole rings is 1. The summed E-state index contributed by atoms with van der Waals surface area (Å²) in [7, 11) is 0. The molecule has 3 heterocycles. The van der Waals surface area contributed by atoms with Crippen molar-refractivity contribution in [3.63, 3.8) is 0 Å². The van der Waals surface area contributed by atoms with Crippen LogP contribution in [0.1, 0.15) is 31.9 Å². The highest BCUT2D eigenvalue weighted by Crippen LogP contribution is 2.27. The van der Waals surface area contributed by atoms with E-state index >= 15 is 0 Å². The molecule has 0 aliphatic carbocycles. The van der Waals surface area contributed by atoms with E-state index < -0.39 is 0 Å². The van der Waals surface area contributed by atoms with Gasteiger partial charge in [-0.05, 0) is 49.4 Å².